The number of carbonyl (C=O) groups is 4. The molecule has 6 nitrogen and oxygen atoms in total. The second-order valence-corrected chi connectivity index (χ2v) is 9.92. The SMILES string of the molecule is O=C1C2C(c3ccc(Cl)cc3)OC3(C(=O)c4ccccc4C3=O)C2C(=O)N1c1cc(Cl)ccc1Cl. The maximum absolute atomic E-state index is 13.9. The predicted molar refractivity (Wildman–Crippen MR) is 129 cm³/mol. The predicted octanol–water partition coefficient (Wildman–Crippen LogP) is 5.34. The maximum Gasteiger partial charge on any atom is 0.241 e. The molecule has 3 aromatic carbocycles. The summed E-state index contributed by atoms with van der Waals surface area (Å²) in [5.41, 5.74) is -1.24. The number of imide groups is 1. The van der Waals surface area contributed by atoms with Crippen LogP contribution in [0.15, 0.2) is 66.7 Å². The third kappa shape index (κ3) is 2.94. The van der Waals surface area contributed by atoms with Crippen LogP contribution >= 0.6 is 34.8 Å². The maximum atomic E-state index is 13.9. The van der Waals surface area contributed by atoms with Gasteiger partial charge in [0, 0.05) is 21.2 Å². The molecule has 9 heteroatoms. The van der Waals surface area contributed by atoms with Crippen molar-refractivity contribution in [1.82, 2.24) is 0 Å². The standard InChI is InChI=1S/C26H14Cl3NO5/c27-13-7-5-12(6-8-13)21-19-20(25(34)30(24(19)33)18-11-14(28)9-10-17(18)29)26(35-21)22(31)15-3-1-2-4-16(15)23(26)32/h1-11,19-21H. The fourth-order valence-corrected chi connectivity index (χ4v) is 5.86. The minimum atomic E-state index is -2.16. The number of ether oxygens (including phenoxy) is 1. The van der Waals surface area contributed by atoms with Gasteiger partial charge in [0.15, 0.2) is 0 Å². The van der Waals surface area contributed by atoms with E-state index in [2.05, 4.69) is 0 Å². The highest BCUT2D eigenvalue weighted by atomic mass is 35.5. The van der Waals surface area contributed by atoms with Crippen LogP contribution in [-0.4, -0.2) is 29.0 Å². The van der Waals surface area contributed by atoms with Crippen molar-refractivity contribution in [1.29, 1.82) is 0 Å². The van der Waals surface area contributed by atoms with Crippen LogP contribution in [0.4, 0.5) is 5.69 Å². The van der Waals surface area contributed by atoms with E-state index in [-0.39, 0.29) is 26.9 Å². The molecule has 1 spiro atoms. The van der Waals surface area contributed by atoms with Gasteiger partial charge in [0.2, 0.25) is 29.0 Å². The van der Waals surface area contributed by atoms with Gasteiger partial charge in [-0.2, -0.15) is 0 Å². The van der Waals surface area contributed by atoms with Gasteiger partial charge in [0.05, 0.1) is 28.6 Å². The lowest BCUT2D eigenvalue weighted by Gasteiger charge is -2.27. The van der Waals surface area contributed by atoms with Crippen molar-refractivity contribution in [2.24, 2.45) is 11.8 Å². The molecule has 2 amide bonds. The summed E-state index contributed by atoms with van der Waals surface area (Å²) in [7, 11) is 0. The molecule has 1 aliphatic carbocycles. The van der Waals surface area contributed by atoms with Crippen LogP contribution in [0.1, 0.15) is 32.4 Å². The average Bonchev–Trinajstić information content (AvgIpc) is 3.41. The van der Waals surface area contributed by atoms with Gasteiger partial charge in [-0.25, -0.2) is 4.90 Å². The molecular weight excluding hydrogens is 513 g/mol. The fraction of sp³-hybridized carbons (Fsp3) is 0.154. The Morgan fingerprint density at radius 2 is 1.34 bits per heavy atom. The minimum absolute atomic E-state index is 0.0870. The second-order valence-electron chi connectivity index (χ2n) is 8.64. The number of nitrogens with zero attached hydrogens (tertiary/aromatic N) is 1. The van der Waals surface area contributed by atoms with Crippen molar-refractivity contribution in [3.63, 3.8) is 0 Å². The molecule has 2 fully saturated rings. The molecule has 3 atom stereocenters. The number of carbonyl (C=O) groups excluding carboxylic acids is 4. The van der Waals surface area contributed by atoms with Gasteiger partial charge in [-0.05, 0) is 35.9 Å². The van der Waals surface area contributed by atoms with Crippen LogP contribution in [0.5, 0.6) is 0 Å². The summed E-state index contributed by atoms with van der Waals surface area (Å²) < 4.78 is 6.22. The Bertz CT molecular complexity index is 1430. The topological polar surface area (TPSA) is 80.8 Å². The van der Waals surface area contributed by atoms with Gasteiger partial charge < -0.3 is 4.74 Å². The lowest BCUT2D eigenvalue weighted by molar-refractivity contribution is -0.127. The molecule has 2 aliphatic heterocycles. The zero-order chi connectivity index (χ0) is 24.6. The zero-order valence-corrected chi connectivity index (χ0v) is 20.0. The molecule has 3 aliphatic rings. The van der Waals surface area contributed by atoms with Crippen LogP contribution in [0, 0.1) is 11.8 Å². The van der Waals surface area contributed by atoms with Crippen molar-refractivity contribution in [3.8, 4) is 0 Å². The number of Topliss-reactive ketones (excluding diaryl/α,β-unsaturated/α-hetero) is 2. The molecule has 35 heavy (non-hydrogen) atoms. The van der Waals surface area contributed by atoms with Crippen molar-refractivity contribution in [2.45, 2.75) is 11.7 Å². The summed E-state index contributed by atoms with van der Waals surface area (Å²) in [6, 6.07) is 17.2. The number of hydrogen-bond donors (Lipinski definition) is 0. The van der Waals surface area contributed by atoms with Crippen molar-refractivity contribution < 1.29 is 23.9 Å². The molecule has 0 bridgehead atoms. The van der Waals surface area contributed by atoms with Crippen LogP contribution in [0.2, 0.25) is 15.1 Å². The molecule has 2 saturated heterocycles. The van der Waals surface area contributed by atoms with Crippen molar-refractivity contribution in [2.75, 3.05) is 4.90 Å². The molecule has 3 aromatic rings. The fourth-order valence-electron chi connectivity index (χ4n) is 5.37. The van der Waals surface area contributed by atoms with E-state index >= 15 is 0 Å². The molecule has 0 radical (unpaired) electrons. The van der Waals surface area contributed by atoms with Crippen molar-refractivity contribution >= 4 is 63.9 Å². The largest absolute Gasteiger partial charge is 0.349 e. The Kier molecular flexibility index (Phi) is 4.96. The smallest absolute Gasteiger partial charge is 0.241 e. The Morgan fingerprint density at radius 3 is 1.97 bits per heavy atom. The molecule has 2 heterocycles. The average molecular weight is 527 g/mol. The third-order valence-corrected chi connectivity index (χ3v) is 7.67. The summed E-state index contributed by atoms with van der Waals surface area (Å²) in [5, 5.41) is 0.851. The first-order valence-electron chi connectivity index (χ1n) is 10.7. The lowest BCUT2D eigenvalue weighted by atomic mass is 9.77. The lowest BCUT2D eigenvalue weighted by Crippen LogP contribution is -2.51. The monoisotopic (exact) mass is 525 g/mol. The van der Waals surface area contributed by atoms with E-state index in [1.165, 1.54) is 30.3 Å². The van der Waals surface area contributed by atoms with Gasteiger partial charge in [-0.1, -0.05) is 71.2 Å². The second kappa shape index (κ2) is 7.73. The van der Waals surface area contributed by atoms with Crippen LogP contribution in [0.25, 0.3) is 0 Å². The first kappa shape index (κ1) is 22.4. The van der Waals surface area contributed by atoms with E-state index in [0.29, 0.717) is 10.6 Å². The summed E-state index contributed by atoms with van der Waals surface area (Å²) in [4.78, 5) is 56.1. The number of anilines is 1. The van der Waals surface area contributed by atoms with E-state index in [1.807, 2.05) is 0 Å². The Morgan fingerprint density at radius 1 is 0.743 bits per heavy atom. The Balaban J connectivity index is 1.56. The number of ketones is 2. The van der Waals surface area contributed by atoms with E-state index in [9.17, 15) is 19.2 Å². The summed E-state index contributed by atoms with van der Waals surface area (Å²) >= 11 is 18.5. The van der Waals surface area contributed by atoms with Gasteiger partial charge in [0.25, 0.3) is 0 Å². The summed E-state index contributed by atoms with van der Waals surface area (Å²) in [6.45, 7) is 0. The summed E-state index contributed by atoms with van der Waals surface area (Å²) in [6.07, 6.45) is -1.04. The van der Waals surface area contributed by atoms with E-state index in [1.54, 1.807) is 36.4 Å². The third-order valence-electron chi connectivity index (χ3n) is 6.87. The first-order chi connectivity index (χ1) is 16.8. The number of halogens is 3. The summed E-state index contributed by atoms with van der Waals surface area (Å²) in [5.74, 6) is -5.15. The highest BCUT2D eigenvalue weighted by Crippen LogP contribution is 2.58. The number of benzene rings is 3. The molecule has 6 rings (SSSR count). The van der Waals surface area contributed by atoms with Crippen molar-refractivity contribution in [3.05, 3.63) is 98.5 Å². The van der Waals surface area contributed by atoms with E-state index in [0.717, 1.165) is 4.90 Å². The van der Waals surface area contributed by atoms with E-state index in [4.69, 9.17) is 39.5 Å². The zero-order valence-electron chi connectivity index (χ0n) is 17.7. The van der Waals surface area contributed by atoms with Gasteiger partial charge in [0.1, 0.15) is 0 Å². The molecule has 174 valence electrons. The Hall–Kier alpha value is -3.03. The molecule has 0 saturated carbocycles. The van der Waals surface area contributed by atoms with Crippen LogP contribution < -0.4 is 4.90 Å². The molecule has 0 aromatic heterocycles. The number of hydrogen-bond acceptors (Lipinski definition) is 5. The minimum Gasteiger partial charge on any atom is -0.349 e. The number of fused-ring (bicyclic) bond motifs is 3. The van der Waals surface area contributed by atoms with Crippen LogP contribution in [-0.2, 0) is 14.3 Å². The Labute approximate surface area is 214 Å². The number of amides is 2. The first-order valence-corrected chi connectivity index (χ1v) is 11.8. The molecular formula is C26H14Cl3NO5. The quantitative estimate of drug-likeness (QED) is 0.333. The van der Waals surface area contributed by atoms with Crippen LogP contribution in [0.3, 0.4) is 0 Å². The van der Waals surface area contributed by atoms with E-state index < -0.39 is 46.9 Å². The van der Waals surface area contributed by atoms with Gasteiger partial charge >= 0.3 is 0 Å². The number of rotatable bonds is 2. The molecule has 3 unspecified atom stereocenters. The van der Waals surface area contributed by atoms with Gasteiger partial charge in [-0.3, -0.25) is 19.2 Å². The molecule has 0 N–H and O–H groups in total. The highest BCUT2D eigenvalue weighted by Gasteiger charge is 2.74. The highest BCUT2D eigenvalue weighted by molar-refractivity contribution is 6.40. The normalized spacial score (nSPS) is 24.4. The van der Waals surface area contributed by atoms with Gasteiger partial charge in [-0.15, -0.1) is 0 Å².